The Morgan fingerprint density at radius 3 is 2.61 bits per heavy atom. The van der Waals surface area contributed by atoms with Gasteiger partial charge in [-0.3, -0.25) is 9.88 Å². The van der Waals surface area contributed by atoms with Crippen molar-refractivity contribution in [3.8, 4) is 11.3 Å². The number of aryl methyl sites for hydroxylation is 1. The number of nitrogens with zero attached hydrogens (tertiary/aromatic N) is 6. The minimum Gasteiger partial charge on any atom is -0.464 e. The number of aromatic nitrogens is 5. The van der Waals surface area contributed by atoms with E-state index >= 15 is 0 Å². The van der Waals surface area contributed by atoms with Gasteiger partial charge < -0.3 is 14.6 Å². The van der Waals surface area contributed by atoms with Crippen LogP contribution in [0.4, 0.5) is 11.5 Å². The Kier molecular flexibility index (Phi) is 5.85. The molecular formula is C27H29N7O2. The zero-order valence-electron chi connectivity index (χ0n) is 20.6. The summed E-state index contributed by atoms with van der Waals surface area (Å²) in [5, 5.41) is 3.33. The highest BCUT2D eigenvalue weighted by Gasteiger charge is 2.32. The summed E-state index contributed by atoms with van der Waals surface area (Å²) in [5.41, 5.74) is 6.21. The van der Waals surface area contributed by atoms with Crippen LogP contribution in [0.2, 0.25) is 0 Å². The zero-order valence-corrected chi connectivity index (χ0v) is 20.6. The van der Waals surface area contributed by atoms with E-state index in [0.29, 0.717) is 17.4 Å². The molecule has 0 bridgehead atoms. The summed E-state index contributed by atoms with van der Waals surface area (Å²) in [5.74, 6) is 0.155. The Morgan fingerprint density at radius 2 is 1.89 bits per heavy atom. The Morgan fingerprint density at radius 1 is 1.11 bits per heavy atom. The Bertz CT molecular complexity index is 1420. The van der Waals surface area contributed by atoms with Crippen LogP contribution in [0.5, 0.6) is 0 Å². The first-order chi connectivity index (χ1) is 17.6. The second-order valence-corrected chi connectivity index (χ2v) is 9.64. The van der Waals surface area contributed by atoms with Gasteiger partial charge >= 0.3 is 5.97 Å². The van der Waals surface area contributed by atoms with E-state index in [9.17, 15) is 4.79 Å². The lowest BCUT2D eigenvalue weighted by Gasteiger charge is -2.16. The van der Waals surface area contributed by atoms with E-state index < -0.39 is 5.97 Å². The molecule has 0 spiro atoms. The molecule has 1 aromatic carbocycles. The van der Waals surface area contributed by atoms with E-state index in [0.717, 1.165) is 60.5 Å². The van der Waals surface area contributed by atoms with Crippen molar-refractivity contribution >= 4 is 28.5 Å². The average molecular weight is 484 g/mol. The summed E-state index contributed by atoms with van der Waals surface area (Å²) in [6.45, 7) is 3.29. The first-order valence-electron chi connectivity index (χ1n) is 12.4. The summed E-state index contributed by atoms with van der Waals surface area (Å²) >= 11 is 0. The van der Waals surface area contributed by atoms with Gasteiger partial charge in [-0.2, -0.15) is 0 Å². The third-order valence-corrected chi connectivity index (χ3v) is 6.98. The SMILES string of the molecule is COC(=O)c1nc(-c2cncc3c2ncn3C)c(C2CC2)nc1Nc1ccc(CN2CCCC2)cc1. The molecule has 0 radical (unpaired) electrons. The maximum Gasteiger partial charge on any atom is 0.360 e. The van der Waals surface area contributed by atoms with E-state index in [-0.39, 0.29) is 5.69 Å². The van der Waals surface area contributed by atoms with Crippen LogP contribution in [0.3, 0.4) is 0 Å². The maximum atomic E-state index is 12.8. The Balaban J connectivity index is 1.38. The number of hydrogen-bond donors (Lipinski definition) is 1. The lowest BCUT2D eigenvalue weighted by molar-refractivity contribution is 0.0595. The van der Waals surface area contributed by atoms with Crippen molar-refractivity contribution in [1.29, 1.82) is 0 Å². The van der Waals surface area contributed by atoms with Crippen molar-refractivity contribution in [3.05, 3.63) is 59.9 Å². The van der Waals surface area contributed by atoms with Crippen molar-refractivity contribution in [2.45, 2.75) is 38.1 Å². The van der Waals surface area contributed by atoms with E-state index in [2.05, 4.69) is 32.3 Å². The van der Waals surface area contributed by atoms with E-state index in [4.69, 9.17) is 14.7 Å². The van der Waals surface area contributed by atoms with Crippen LogP contribution in [0.15, 0.2) is 43.0 Å². The molecule has 2 aliphatic rings. The molecule has 3 aromatic heterocycles. The van der Waals surface area contributed by atoms with Gasteiger partial charge in [0.2, 0.25) is 0 Å². The van der Waals surface area contributed by atoms with E-state index in [1.54, 1.807) is 18.7 Å². The van der Waals surface area contributed by atoms with Gasteiger partial charge in [0.15, 0.2) is 11.5 Å². The highest BCUT2D eigenvalue weighted by molar-refractivity contribution is 5.96. The van der Waals surface area contributed by atoms with Crippen LogP contribution in [0.1, 0.15) is 53.3 Å². The van der Waals surface area contributed by atoms with Crippen molar-refractivity contribution < 1.29 is 9.53 Å². The van der Waals surface area contributed by atoms with Gasteiger partial charge in [0.1, 0.15) is 5.52 Å². The number of carbonyl (C=O) groups is 1. The Hall–Kier alpha value is -3.85. The lowest BCUT2D eigenvalue weighted by Crippen LogP contribution is -2.18. The summed E-state index contributed by atoms with van der Waals surface area (Å²) in [6.07, 6.45) is 9.91. The zero-order chi connectivity index (χ0) is 24.6. The molecule has 1 saturated carbocycles. The van der Waals surface area contributed by atoms with Gasteiger partial charge in [-0.1, -0.05) is 12.1 Å². The molecule has 1 aliphatic carbocycles. The van der Waals surface area contributed by atoms with Crippen LogP contribution in [-0.2, 0) is 18.3 Å². The van der Waals surface area contributed by atoms with Crippen LogP contribution in [0, 0.1) is 0 Å². The number of carbonyl (C=O) groups excluding carboxylic acids is 1. The number of anilines is 2. The molecule has 6 rings (SSSR count). The highest BCUT2D eigenvalue weighted by Crippen LogP contribution is 2.44. The summed E-state index contributed by atoms with van der Waals surface area (Å²) < 4.78 is 7.00. The predicted molar refractivity (Wildman–Crippen MR) is 137 cm³/mol. The highest BCUT2D eigenvalue weighted by atomic mass is 16.5. The molecule has 0 amide bonds. The molecule has 36 heavy (non-hydrogen) atoms. The van der Waals surface area contributed by atoms with Gasteiger partial charge in [0, 0.05) is 37.0 Å². The van der Waals surface area contributed by atoms with Crippen LogP contribution in [0.25, 0.3) is 22.3 Å². The fourth-order valence-electron chi connectivity index (χ4n) is 4.86. The molecule has 2 fully saturated rings. The van der Waals surface area contributed by atoms with Crippen molar-refractivity contribution in [2.75, 3.05) is 25.5 Å². The second-order valence-electron chi connectivity index (χ2n) is 9.64. The topological polar surface area (TPSA) is 98.1 Å². The van der Waals surface area contributed by atoms with Crippen LogP contribution in [-0.4, -0.2) is 55.6 Å². The van der Waals surface area contributed by atoms with E-state index in [1.165, 1.54) is 25.5 Å². The normalized spacial score (nSPS) is 15.9. The number of methoxy groups -OCH3 is 1. The quantitative estimate of drug-likeness (QED) is 0.386. The van der Waals surface area contributed by atoms with Crippen molar-refractivity contribution in [1.82, 2.24) is 29.4 Å². The average Bonchev–Trinajstić information content (AvgIpc) is 3.50. The number of ether oxygens (including phenoxy) is 1. The van der Waals surface area contributed by atoms with Gasteiger partial charge in [-0.05, 0) is 56.5 Å². The number of likely N-dealkylation sites (tertiary alicyclic amines) is 1. The molecule has 9 nitrogen and oxygen atoms in total. The number of nitrogens with one attached hydrogen (secondary N) is 1. The fraction of sp³-hybridized carbons (Fsp3) is 0.370. The minimum atomic E-state index is -0.541. The monoisotopic (exact) mass is 483 g/mol. The number of benzene rings is 1. The van der Waals surface area contributed by atoms with Crippen LogP contribution >= 0.6 is 0 Å². The molecule has 0 atom stereocenters. The largest absolute Gasteiger partial charge is 0.464 e. The minimum absolute atomic E-state index is 0.144. The molecule has 9 heteroatoms. The van der Waals surface area contributed by atoms with Crippen molar-refractivity contribution in [3.63, 3.8) is 0 Å². The standard InChI is InChI=1S/C27H29N7O2/c1-33-16-29-23-20(13-28-14-21(23)33)24-22(18-7-8-18)32-26(25(31-24)27(35)36-2)30-19-9-5-17(6-10-19)15-34-11-3-4-12-34/h5-6,9-10,13-14,16,18H,3-4,7-8,11-12,15H2,1-2H3,(H,30,32). The molecular weight excluding hydrogens is 454 g/mol. The molecule has 184 valence electrons. The van der Waals surface area contributed by atoms with Crippen LogP contribution < -0.4 is 5.32 Å². The van der Waals surface area contributed by atoms with Crippen molar-refractivity contribution in [2.24, 2.45) is 7.05 Å². The Labute approximate surface area is 209 Å². The second kappa shape index (κ2) is 9.31. The lowest BCUT2D eigenvalue weighted by atomic mass is 10.1. The number of pyridine rings is 1. The third-order valence-electron chi connectivity index (χ3n) is 6.98. The molecule has 1 N–H and O–H groups in total. The van der Waals surface area contributed by atoms with Gasteiger partial charge in [-0.15, -0.1) is 0 Å². The molecule has 1 saturated heterocycles. The van der Waals surface area contributed by atoms with Gasteiger partial charge in [0.25, 0.3) is 0 Å². The van der Waals surface area contributed by atoms with Gasteiger partial charge in [-0.25, -0.2) is 19.7 Å². The number of rotatable bonds is 7. The first-order valence-corrected chi connectivity index (χ1v) is 12.4. The molecule has 4 aromatic rings. The van der Waals surface area contributed by atoms with Gasteiger partial charge in [0.05, 0.1) is 36.5 Å². The number of imidazole rings is 1. The number of fused-ring (bicyclic) bond motifs is 1. The summed E-state index contributed by atoms with van der Waals surface area (Å²) in [7, 11) is 3.29. The summed E-state index contributed by atoms with van der Waals surface area (Å²) in [6, 6.07) is 8.29. The smallest absolute Gasteiger partial charge is 0.360 e. The maximum absolute atomic E-state index is 12.8. The predicted octanol–water partition coefficient (Wildman–Crippen LogP) is 4.43. The summed E-state index contributed by atoms with van der Waals surface area (Å²) in [4.78, 5) is 34.0. The molecule has 0 unspecified atom stereocenters. The van der Waals surface area contributed by atoms with E-state index in [1.807, 2.05) is 23.7 Å². The third kappa shape index (κ3) is 4.30. The first kappa shape index (κ1) is 22.6. The fourth-order valence-corrected chi connectivity index (χ4v) is 4.86. The number of hydrogen-bond acceptors (Lipinski definition) is 8. The molecule has 1 aliphatic heterocycles. The molecule has 4 heterocycles. The number of esters is 1.